The molecule has 1 rings (SSSR count). The predicted molar refractivity (Wildman–Crippen MR) is 70.7 cm³/mol. The van der Waals surface area contributed by atoms with Crippen LogP contribution in [0.5, 0.6) is 5.88 Å². The molecule has 0 bridgehead atoms. The molecular weight excluding hydrogens is 230 g/mol. The quantitative estimate of drug-likeness (QED) is 0.682. The second-order valence-corrected chi connectivity index (χ2v) is 4.09. The molecule has 0 aliphatic carbocycles. The van der Waals surface area contributed by atoms with Gasteiger partial charge >= 0.3 is 0 Å². The molecule has 0 aromatic carbocycles. The summed E-state index contributed by atoms with van der Waals surface area (Å²) >= 11 is 0. The van der Waals surface area contributed by atoms with Gasteiger partial charge in [-0.15, -0.1) is 0 Å². The molecule has 1 heterocycles. The summed E-state index contributed by atoms with van der Waals surface area (Å²) in [7, 11) is 3.34. The van der Waals surface area contributed by atoms with Gasteiger partial charge in [0.15, 0.2) is 0 Å². The predicted octanol–water partition coefficient (Wildman–Crippen LogP) is 1.95. The lowest BCUT2D eigenvalue weighted by molar-refractivity contribution is 0.188. The molecule has 0 fully saturated rings. The Kier molecular flexibility index (Phi) is 7.29. The molecule has 0 amide bonds. The summed E-state index contributed by atoms with van der Waals surface area (Å²) in [5.74, 6) is 0.600. The third kappa shape index (κ3) is 4.58. The third-order valence-electron chi connectivity index (χ3n) is 2.70. The summed E-state index contributed by atoms with van der Waals surface area (Å²) in [6.07, 6.45) is 6.38. The highest BCUT2D eigenvalue weighted by molar-refractivity contribution is 5.21. The first kappa shape index (κ1) is 14.9. The molecule has 5 nitrogen and oxygen atoms in total. The molecule has 1 unspecified atom stereocenters. The lowest BCUT2D eigenvalue weighted by Gasteiger charge is -2.19. The summed E-state index contributed by atoms with van der Waals surface area (Å²) in [5.41, 5.74) is 0.879. The maximum atomic E-state index is 5.27. The summed E-state index contributed by atoms with van der Waals surface area (Å²) in [4.78, 5) is 8.59. The van der Waals surface area contributed by atoms with Gasteiger partial charge in [-0.1, -0.05) is 6.92 Å². The van der Waals surface area contributed by atoms with Gasteiger partial charge < -0.3 is 14.8 Å². The van der Waals surface area contributed by atoms with Crippen LogP contribution in [0.4, 0.5) is 0 Å². The maximum Gasteiger partial charge on any atom is 0.236 e. The van der Waals surface area contributed by atoms with E-state index < -0.39 is 0 Å². The number of hydrogen-bond donors (Lipinski definition) is 1. The van der Waals surface area contributed by atoms with Crippen LogP contribution in [0.1, 0.15) is 37.9 Å². The van der Waals surface area contributed by atoms with E-state index in [0.29, 0.717) is 5.88 Å². The molecule has 0 saturated heterocycles. The van der Waals surface area contributed by atoms with Crippen molar-refractivity contribution >= 4 is 0 Å². The van der Waals surface area contributed by atoms with Crippen LogP contribution in [0.2, 0.25) is 0 Å². The van der Waals surface area contributed by atoms with Crippen LogP contribution in [0.25, 0.3) is 0 Å². The number of aromatic nitrogens is 2. The van der Waals surface area contributed by atoms with Gasteiger partial charge in [-0.05, 0) is 25.8 Å². The van der Waals surface area contributed by atoms with E-state index in [9.17, 15) is 0 Å². The van der Waals surface area contributed by atoms with E-state index in [1.165, 1.54) is 0 Å². The highest BCUT2D eigenvalue weighted by atomic mass is 16.5. The fraction of sp³-hybridized carbons (Fsp3) is 0.692. The van der Waals surface area contributed by atoms with E-state index >= 15 is 0 Å². The van der Waals surface area contributed by atoms with Crippen LogP contribution in [-0.2, 0) is 4.74 Å². The molecule has 1 aromatic rings. The van der Waals surface area contributed by atoms with Crippen molar-refractivity contribution < 1.29 is 9.47 Å². The highest BCUT2D eigenvalue weighted by Gasteiger charge is 2.17. The average Bonchev–Trinajstić information content (AvgIpc) is 2.42. The van der Waals surface area contributed by atoms with Gasteiger partial charge in [-0.2, -0.15) is 0 Å². The number of rotatable bonds is 9. The van der Waals surface area contributed by atoms with Gasteiger partial charge in [0.1, 0.15) is 5.69 Å². The fourth-order valence-corrected chi connectivity index (χ4v) is 1.82. The summed E-state index contributed by atoms with van der Waals surface area (Å²) in [5, 5.41) is 3.48. The lowest BCUT2D eigenvalue weighted by Crippen LogP contribution is -2.24. The Morgan fingerprint density at radius 3 is 2.72 bits per heavy atom. The van der Waals surface area contributed by atoms with Crippen molar-refractivity contribution in [3.8, 4) is 5.88 Å². The van der Waals surface area contributed by atoms with E-state index in [4.69, 9.17) is 9.47 Å². The van der Waals surface area contributed by atoms with Crippen LogP contribution < -0.4 is 10.1 Å². The van der Waals surface area contributed by atoms with Crippen LogP contribution in [0.15, 0.2) is 12.4 Å². The Morgan fingerprint density at radius 1 is 1.28 bits per heavy atom. The first-order chi connectivity index (χ1) is 8.83. The topological polar surface area (TPSA) is 56.3 Å². The molecule has 1 N–H and O–H groups in total. The van der Waals surface area contributed by atoms with Crippen LogP contribution in [0.3, 0.4) is 0 Å². The normalized spacial score (nSPS) is 12.4. The Labute approximate surface area is 109 Å². The Bertz CT molecular complexity index is 334. The van der Waals surface area contributed by atoms with E-state index in [1.807, 2.05) is 0 Å². The first-order valence-electron chi connectivity index (χ1n) is 6.40. The van der Waals surface area contributed by atoms with Gasteiger partial charge in [0.25, 0.3) is 0 Å². The van der Waals surface area contributed by atoms with E-state index in [0.717, 1.165) is 38.1 Å². The first-order valence-corrected chi connectivity index (χ1v) is 6.40. The standard InChI is InChI=1S/C13H23N3O2/c1-4-7-14-11(6-5-10-17-2)12-13(18-3)16-9-8-15-12/h8-9,11,14H,4-7,10H2,1-3H3. The highest BCUT2D eigenvalue weighted by Crippen LogP contribution is 2.23. The van der Waals surface area contributed by atoms with E-state index in [2.05, 4.69) is 22.2 Å². The van der Waals surface area contributed by atoms with Crippen LogP contribution in [0, 0.1) is 0 Å². The molecule has 5 heteroatoms. The van der Waals surface area contributed by atoms with Gasteiger partial charge in [-0.3, -0.25) is 4.98 Å². The Morgan fingerprint density at radius 2 is 2.06 bits per heavy atom. The second-order valence-electron chi connectivity index (χ2n) is 4.09. The van der Waals surface area contributed by atoms with Crippen LogP contribution in [-0.4, -0.2) is 37.3 Å². The fourth-order valence-electron chi connectivity index (χ4n) is 1.82. The van der Waals surface area contributed by atoms with Crippen molar-refractivity contribution in [3.05, 3.63) is 18.1 Å². The van der Waals surface area contributed by atoms with Crippen LogP contribution >= 0.6 is 0 Å². The zero-order chi connectivity index (χ0) is 13.2. The molecule has 102 valence electrons. The zero-order valence-corrected chi connectivity index (χ0v) is 11.5. The minimum absolute atomic E-state index is 0.170. The van der Waals surface area contributed by atoms with Crippen molar-refractivity contribution in [2.45, 2.75) is 32.2 Å². The SMILES string of the molecule is CCCNC(CCCOC)c1nccnc1OC. The lowest BCUT2D eigenvalue weighted by atomic mass is 10.1. The largest absolute Gasteiger partial charge is 0.480 e. The molecule has 0 aliphatic rings. The number of hydrogen-bond acceptors (Lipinski definition) is 5. The minimum atomic E-state index is 0.170. The number of nitrogens with one attached hydrogen (secondary N) is 1. The van der Waals surface area contributed by atoms with Gasteiger partial charge in [-0.25, -0.2) is 4.98 Å². The number of methoxy groups -OCH3 is 2. The second kappa shape index (κ2) is 8.83. The minimum Gasteiger partial charge on any atom is -0.480 e. The van der Waals surface area contributed by atoms with Crippen molar-refractivity contribution in [1.82, 2.24) is 15.3 Å². The van der Waals surface area contributed by atoms with Crippen molar-refractivity contribution in [3.63, 3.8) is 0 Å². The number of ether oxygens (including phenoxy) is 2. The molecule has 0 aliphatic heterocycles. The number of nitrogens with zero attached hydrogens (tertiary/aromatic N) is 2. The smallest absolute Gasteiger partial charge is 0.236 e. The molecule has 0 saturated carbocycles. The molecule has 18 heavy (non-hydrogen) atoms. The zero-order valence-electron chi connectivity index (χ0n) is 11.5. The van der Waals surface area contributed by atoms with Crippen molar-refractivity contribution in [2.75, 3.05) is 27.4 Å². The van der Waals surface area contributed by atoms with E-state index in [1.54, 1.807) is 26.6 Å². The van der Waals surface area contributed by atoms with Gasteiger partial charge in [0.05, 0.1) is 13.2 Å². The monoisotopic (exact) mass is 253 g/mol. The summed E-state index contributed by atoms with van der Waals surface area (Å²) in [6.45, 7) is 3.86. The average molecular weight is 253 g/mol. The molecule has 1 aromatic heterocycles. The van der Waals surface area contributed by atoms with Crippen molar-refractivity contribution in [2.24, 2.45) is 0 Å². The van der Waals surface area contributed by atoms with Gasteiger partial charge in [0, 0.05) is 26.1 Å². The third-order valence-corrected chi connectivity index (χ3v) is 2.70. The molecule has 1 atom stereocenters. The van der Waals surface area contributed by atoms with Gasteiger partial charge in [0.2, 0.25) is 5.88 Å². The molecule has 0 spiro atoms. The Balaban J connectivity index is 2.72. The molecule has 0 radical (unpaired) electrons. The molecular formula is C13H23N3O2. The van der Waals surface area contributed by atoms with Crippen molar-refractivity contribution in [1.29, 1.82) is 0 Å². The summed E-state index contributed by atoms with van der Waals surface area (Å²) in [6, 6.07) is 0.170. The Hall–Kier alpha value is -1.20. The summed E-state index contributed by atoms with van der Waals surface area (Å²) < 4.78 is 10.4. The maximum absolute atomic E-state index is 5.27. The van der Waals surface area contributed by atoms with E-state index in [-0.39, 0.29) is 6.04 Å².